The molecule has 3 nitrogen and oxygen atoms in total. The molecule has 11 heavy (non-hydrogen) atoms. The van der Waals surface area contributed by atoms with E-state index in [0.29, 0.717) is 12.3 Å². The van der Waals surface area contributed by atoms with E-state index >= 15 is 0 Å². The highest BCUT2D eigenvalue weighted by Crippen LogP contribution is 1.98. The lowest BCUT2D eigenvalue weighted by molar-refractivity contribution is -0.122. The number of hydrogen-bond acceptors (Lipinski definition) is 2. The van der Waals surface area contributed by atoms with Crippen LogP contribution in [0.4, 0.5) is 0 Å². The average Bonchev–Trinajstić information content (AvgIpc) is 1.85. The maximum atomic E-state index is 11.0. The minimum atomic E-state index is -0.124. The number of carbonyl (C=O) groups is 1. The van der Waals surface area contributed by atoms with E-state index in [2.05, 4.69) is 5.32 Å². The van der Waals surface area contributed by atoms with Gasteiger partial charge in [-0.3, -0.25) is 4.79 Å². The minimum Gasteiger partial charge on any atom is -0.394 e. The van der Waals surface area contributed by atoms with E-state index in [-0.39, 0.29) is 18.6 Å². The zero-order valence-electron chi connectivity index (χ0n) is 7.42. The van der Waals surface area contributed by atoms with Crippen LogP contribution in [-0.4, -0.2) is 23.7 Å². The Balaban J connectivity index is 3.52. The summed E-state index contributed by atoms with van der Waals surface area (Å²) in [5.41, 5.74) is 0. The topological polar surface area (TPSA) is 49.3 Å². The summed E-state index contributed by atoms with van der Waals surface area (Å²) in [4.78, 5) is 11.0. The van der Waals surface area contributed by atoms with Crippen LogP contribution in [0.25, 0.3) is 0 Å². The summed E-state index contributed by atoms with van der Waals surface area (Å²) in [7, 11) is 0. The highest BCUT2D eigenvalue weighted by atomic mass is 16.3. The highest BCUT2D eigenvalue weighted by Gasteiger charge is 2.07. The SMILES string of the molecule is CC(C)CC(=O)N[C@@H](C)CO. The van der Waals surface area contributed by atoms with E-state index < -0.39 is 0 Å². The maximum Gasteiger partial charge on any atom is 0.220 e. The first-order chi connectivity index (χ1) is 5.06. The molecule has 0 aromatic carbocycles. The highest BCUT2D eigenvalue weighted by molar-refractivity contribution is 5.76. The van der Waals surface area contributed by atoms with E-state index in [4.69, 9.17) is 5.11 Å². The molecule has 0 aromatic heterocycles. The Kier molecular flexibility index (Phi) is 4.86. The van der Waals surface area contributed by atoms with E-state index in [1.54, 1.807) is 6.92 Å². The zero-order valence-corrected chi connectivity index (χ0v) is 7.42. The summed E-state index contributed by atoms with van der Waals surface area (Å²) in [6.07, 6.45) is 0.532. The summed E-state index contributed by atoms with van der Waals surface area (Å²) in [6, 6.07) is -0.124. The summed E-state index contributed by atoms with van der Waals surface area (Å²) < 4.78 is 0. The van der Waals surface area contributed by atoms with Crippen molar-refractivity contribution in [3.05, 3.63) is 0 Å². The molecule has 3 heteroatoms. The molecule has 0 heterocycles. The Hall–Kier alpha value is -0.570. The number of amides is 1. The maximum absolute atomic E-state index is 11.0. The smallest absolute Gasteiger partial charge is 0.220 e. The van der Waals surface area contributed by atoms with Gasteiger partial charge in [-0.25, -0.2) is 0 Å². The van der Waals surface area contributed by atoms with Crippen LogP contribution in [-0.2, 0) is 4.79 Å². The molecule has 0 unspecified atom stereocenters. The van der Waals surface area contributed by atoms with Crippen molar-refractivity contribution in [1.82, 2.24) is 5.32 Å². The third kappa shape index (κ3) is 5.85. The Labute approximate surface area is 67.8 Å². The fourth-order valence-electron chi connectivity index (χ4n) is 0.750. The first-order valence-corrected chi connectivity index (χ1v) is 3.96. The Bertz CT molecular complexity index is 123. The van der Waals surface area contributed by atoms with E-state index in [9.17, 15) is 4.79 Å². The number of nitrogens with one attached hydrogen (secondary N) is 1. The molecular weight excluding hydrogens is 142 g/mol. The number of aliphatic hydroxyl groups is 1. The second kappa shape index (κ2) is 5.13. The monoisotopic (exact) mass is 159 g/mol. The summed E-state index contributed by atoms with van der Waals surface area (Å²) in [5.74, 6) is 0.391. The average molecular weight is 159 g/mol. The molecule has 0 aromatic rings. The van der Waals surface area contributed by atoms with Crippen molar-refractivity contribution in [3.63, 3.8) is 0 Å². The molecule has 0 fully saturated rings. The lowest BCUT2D eigenvalue weighted by Gasteiger charge is -2.11. The largest absolute Gasteiger partial charge is 0.394 e. The van der Waals surface area contributed by atoms with Gasteiger partial charge in [0.2, 0.25) is 5.91 Å². The van der Waals surface area contributed by atoms with Gasteiger partial charge in [-0.1, -0.05) is 13.8 Å². The van der Waals surface area contributed by atoms with Crippen molar-refractivity contribution >= 4 is 5.91 Å². The molecular formula is C8H17NO2. The van der Waals surface area contributed by atoms with Gasteiger partial charge in [-0.15, -0.1) is 0 Å². The molecule has 66 valence electrons. The van der Waals surface area contributed by atoms with Crippen molar-refractivity contribution in [1.29, 1.82) is 0 Å². The fraction of sp³-hybridized carbons (Fsp3) is 0.875. The minimum absolute atomic E-state index is 0.00380. The first kappa shape index (κ1) is 10.4. The van der Waals surface area contributed by atoms with Crippen LogP contribution in [0, 0.1) is 5.92 Å². The van der Waals surface area contributed by atoms with Crippen LogP contribution in [0.3, 0.4) is 0 Å². The van der Waals surface area contributed by atoms with Crippen molar-refractivity contribution in [2.75, 3.05) is 6.61 Å². The van der Waals surface area contributed by atoms with Crippen LogP contribution in [0.5, 0.6) is 0 Å². The molecule has 0 aliphatic carbocycles. The predicted octanol–water partition coefficient (Wildman–Crippen LogP) is 0.529. The zero-order chi connectivity index (χ0) is 8.85. The van der Waals surface area contributed by atoms with Gasteiger partial charge in [0, 0.05) is 12.5 Å². The molecule has 0 spiro atoms. The Morgan fingerprint density at radius 2 is 2.00 bits per heavy atom. The van der Waals surface area contributed by atoms with Crippen molar-refractivity contribution in [3.8, 4) is 0 Å². The van der Waals surface area contributed by atoms with Crippen LogP contribution >= 0.6 is 0 Å². The molecule has 0 saturated carbocycles. The van der Waals surface area contributed by atoms with Gasteiger partial charge in [-0.2, -0.15) is 0 Å². The van der Waals surface area contributed by atoms with Crippen LogP contribution < -0.4 is 5.32 Å². The van der Waals surface area contributed by atoms with Gasteiger partial charge in [-0.05, 0) is 12.8 Å². The van der Waals surface area contributed by atoms with Gasteiger partial charge in [0.25, 0.3) is 0 Å². The molecule has 0 saturated heterocycles. The molecule has 0 bridgehead atoms. The molecule has 0 rings (SSSR count). The van der Waals surface area contributed by atoms with Crippen molar-refractivity contribution in [2.24, 2.45) is 5.92 Å². The van der Waals surface area contributed by atoms with Gasteiger partial charge in [0.1, 0.15) is 0 Å². The standard InChI is InChI=1S/C8H17NO2/c1-6(2)4-8(11)9-7(3)5-10/h6-7,10H,4-5H2,1-3H3,(H,9,11)/t7-/m0/s1. The van der Waals surface area contributed by atoms with Gasteiger partial charge in [0.05, 0.1) is 6.61 Å². The van der Waals surface area contributed by atoms with Gasteiger partial charge < -0.3 is 10.4 Å². The number of aliphatic hydroxyl groups excluding tert-OH is 1. The van der Waals surface area contributed by atoms with E-state index in [0.717, 1.165) is 0 Å². The predicted molar refractivity (Wildman–Crippen MR) is 44.1 cm³/mol. The molecule has 0 radical (unpaired) electrons. The Morgan fingerprint density at radius 3 is 2.36 bits per heavy atom. The number of rotatable bonds is 4. The molecule has 0 aliphatic rings. The van der Waals surface area contributed by atoms with E-state index in [1.807, 2.05) is 13.8 Å². The van der Waals surface area contributed by atoms with Crippen LogP contribution in [0.1, 0.15) is 27.2 Å². The Morgan fingerprint density at radius 1 is 1.45 bits per heavy atom. The second-order valence-electron chi connectivity index (χ2n) is 3.25. The third-order valence-electron chi connectivity index (χ3n) is 1.27. The molecule has 1 atom stereocenters. The lowest BCUT2D eigenvalue weighted by Crippen LogP contribution is -2.35. The second-order valence-corrected chi connectivity index (χ2v) is 3.25. The summed E-state index contributed by atoms with van der Waals surface area (Å²) in [6.45, 7) is 5.76. The van der Waals surface area contributed by atoms with Crippen LogP contribution in [0.2, 0.25) is 0 Å². The van der Waals surface area contributed by atoms with Crippen molar-refractivity contribution < 1.29 is 9.90 Å². The fourth-order valence-corrected chi connectivity index (χ4v) is 0.750. The van der Waals surface area contributed by atoms with Gasteiger partial charge >= 0.3 is 0 Å². The molecule has 0 aliphatic heterocycles. The number of hydrogen-bond donors (Lipinski definition) is 2. The summed E-state index contributed by atoms with van der Waals surface area (Å²) >= 11 is 0. The molecule has 2 N–H and O–H groups in total. The summed E-state index contributed by atoms with van der Waals surface area (Å²) in [5, 5.41) is 11.3. The molecule has 1 amide bonds. The first-order valence-electron chi connectivity index (χ1n) is 3.96. The van der Waals surface area contributed by atoms with E-state index in [1.165, 1.54) is 0 Å². The lowest BCUT2D eigenvalue weighted by atomic mass is 10.1. The normalized spacial score (nSPS) is 13.2. The third-order valence-corrected chi connectivity index (χ3v) is 1.27. The van der Waals surface area contributed by atoms with Gasteiger partial charge in [0.15, 0.2) is 0 Å². The van der Waals surface area contributed by atoms with Crippen molar-refractivity contribution in [2.45, 2.75) is 33.2 Å². The number of carbonyl (C=O) groups excluding carboxylic acids is 1. The quantitative estimate of drug-likeness (QED) is 0.628. The van der Waals surface area contributed by atoms with Crippen LogP contribution in [0.15, 0.2) is 0 Å².